The van der Waals surface area contributed by atoms with E-state index in [-0.39, 0.29) is 0 Å². The predicted molar refractivity (Wildman–Crippen MR) is 93.0 cm³/mol. The topological polar surface area (TPSA) is 16.8 Å². The molecule has 0 aromatic carbocycles. The van der Waals surface area contributed by atoms with Gasteiger partial charge in [-0.2, -0.15) is 4.57 Å². The van der Waals surface area contributed by atoms with Crippen molar-refractivity contribution >= 4 is 22.7 Å². The van der Waals surface area contributed by atoms with Crippen molar-refractivity contribution < 1.29 is 4.57 Å². The lowest BCUT2D eigenvalue weighted by molar-refractivity contribution is -0.666. The molecule has 0 fully saturated rings. The zero-order valence-corrected chi connectivity index (χ0v) is 15.8. The van der Waals surface area contributed by atoms with Crippen molar-refractivity contribution in [2.24, 2.45) is 7.05 Å². The van der Waals surface area contributed by atoms with Crippen molar-refractivity contribution in [1.29, 1.82) is 0 Å². The number of rotatable bonds is 0. The summed E-state index contributed by atoms with van der Waals surface area (Å²) in [4.78, 5) is 3.74. The summed E-state index contributed by atoms with van der Waals surface area (Å²) in [5.41, 5.74) is 3.83. The van der Waals surface area contributed by atoms with E-state index in [9.17, 15) is 0 Å². The molecule has 0 unspecified atom stereocenters. The maximum Gasteiger partial charge on any atom is 0.224 e. The molecule has 0 aliphatic carbocycles. The van der Waals surface area contributed by atoms with Gasteiger partial charge in [0.25, 0.3) is 0 Å². The zero-order chi connectivity index (χ0) is 15.9. The second-order valence-electron chi connectivity index (χ2n) is 1.87. The molecule has 0 aliphatic rings. The van der Waals surface area contributed by atoms with Crippen LogP contribution in [0.3, 0.4) is 0 Å². The molecular formula is C15H33N2S2+. The molecule has 4 heteroatoms. The molecule has 2 aromatic heterocycles. The fraction of sp³-hybridized carbons (Fsp3) is 0.600. The molecule has 2 rings (SSSR count). The second kappa shape index (κ2) is 36.0. The Morgan fingerprint density at radius 3 is 1.42 bits per heavy atom. The first-order valence-electron chi connectivity index (χ1n) is 7.09. The highest BCUT2D eigenvalue weighted by atomic mass is 32.1. The zero-order valence-electron chi connectivity index (χ0n) is 14.2. The van der Waals surface area contributed by atoms with Gasteiger partial charge in [-0.05, 0) is 0 Å². The molecule has 0 radical (unpaired) electrons. The van der Waals surface area contributed by atoms with Crippen molar-refractivity contribution in [3.63, 3.8) is 0 Å². The normalized spacial score (nSPS) is 6.16. The van der Waals surface area contributed by atoms with Crippen LogP contribution in [0.25, 0.3) is 0 Å². The average molecular weight is 306 g/mol. The maximum absolute atomic E-state index is 3.74. The summed E-state index contributed by atoms with van der Waals surface area (Å²) in [5, 5.41) is 3.97. The van der Waals surface area contributed by atoms with Crippen molar-refractivity contribution in [3.8, 4) is 0 Å². The Kier molecular flexibility index (Phi) is 50.7. The van der Waals surface area contributed by atoms with E-state index in [0.29, 0.717) is 0 Å². The number of hydrogen-bond donors (Lipinski definition) is 0. The van der Waals surface area contributed by atoms with Gasteiger partial charge in [0.1, 0.15) is 7.05 Å². The average Bonchev–Trinajstić information content (AvgIpc) is 3.23. The monoisotopic (exact) mass is 305 g/mol. The lowest BCUT2D eigenvalue weighted by Crippen LogP contribution is -2.21. The van der Waals surface area contributed by atoms with E-state index in [0.717, 1.165) is 0 Å². The van der Waals surface area contributed by atoms with Gasteiger partial charge in [-0.15, -0.1) is 11.3 Å². The van der Waals surface area contributed by atoms with E-state index in [2.05, 4.69) is 4.98 Å². The van der Waals surface area contributed by atoms with Gasteiger partial charge in [-0.3, -0.25) is 4.98 Å². The van der Waals surface area contributed by atoms with E-state index in [1.807, 2.05) is 89.5 Å². The Hall–Kier alpha value is -0.740. The minimum Gasteiger partial charge on any atom is -0.253 e. The predicted octanol–water partition coefficient (Wildman–Crippen LogP) is 5.82. The molecule has 2 aromatic rings. The number of aromatic nitrogens is 2. The summed E-state index contributed by atoms with van der Waals surface area (Å²) in [7, 11) is 2.01. The van der Waals surface area contributed by atoms with Crippen molar-refractivity contribution in [2.75, 3.05) is 0 Å². The smallest absolute Gasteiger partial charge is 0.224 e. The minimum atomic E-state index is 1.60. The third-order valence-corrected chi connectivity index (χ3v) is 2.20. The Morgan fingerprint density at radius 2 is 1.32 bits per heavy atom. The number of nitrogens with zero attached hydrogens (tertiary/aromatic N) is 2. The van der Waals surface area contributed by atoms with Gasteiger partial charge < -0.3 is 0 Å². The van der Waals surface area contributed by atoms with Crippen LogP contribution in [0.1, 0.15) is 55.4 Å². The van der Waals surface area contributed by atoms with Crippen molar-refractivity contribution in [3.05, 3.63) is 34.2 Å². The molecule has 2 nitrogen and oxygen atoms in total. The van der Waals surface area contributed by atoms with E-state index >= 15 is 0 Å². The molecule has 0 bridgehead atoms. The van der Waals surface area contributed by atoms with Gasteiger partial charge in [0.15, 0.2) is 6.20 Å². The van der Waals surface area contributed by atoms with E-state index in [4.69, 9.17) is 0 Å². The first kappa shape index (κ1) is 26.8. The van der Waals surface area contributed by atoms with Gasteiger partial charge in [-0.25, -0.2) is 0 Å². The third kappa shape index (κ3) is 31.7. The quantitative estimate of drug-likeness (QED) is 0.560. The highest BCUT2D eigenvalue weighted by Gasteiger charge is 1.81. The first-order valence-corrected chi connectivity index (χ1v) is 8.98. The van der Waals surface area contributed by atoms with Crippen LogP contribution in [0.15, 0.2) is 34.2 Å². The van der Waals surface area contributed by atoms with E-state index in [1.165, 1.54) is 0 Å². The number of aryl methyl sites for hydroxylation is 1. The van der Waals surface area contributed by atoms with Crippen LogP contribution in [0.5, 0.6) is 0 Å². The number of hydrogen-bond acceptors (Lipinski definition) is 3. The van der Waals surface area contributed by atoms with Crippen LogP contribution in [-0.2, 0) is 7.05 Å². The molecule has 0 spiro atoms. The molecular weight excluding hydrogens is 272 g/mol. The minimum absolute atomic E-state index is 1.60. The second-order valence-corrected chi connectivity index (χ2v) is 3.38. The molecule has 0 saturated heterocycles. The van der Waals surface area contributed by atoms with Crippen LogP contribution in [0, 0.1) is 0 Å². The highest BCUT2D eigenvalue weighted by molar-refractivity contribution is 7.07. The summed E-state index contributed by atoms with van der Waals surface area (Å²) in [5.74, 6) is 0. The van der Waals surface area contributed by atoms with Crippen molar-refractivity contribution in [1.82, 2.24) is 4.98 Å². The fourth-order valence-electron chi connectivity index (χ4n) is 0.473. The standard InChI is InChI=1S/C4H6NS.C3H3NS.4C2H6/c1-5-2-3-6-4-5;1-2-5-3-4-1;4*1-2/h2-4H,1H3;1-3H;4*1-2H3/q+1;;;;;. The molecule has 0 aliphatic heterocycles. The Labute approximate surface area is 129 Å². The van der Waals surface area contributed by atoms with E-state index in [1.54, 1.807) is 34.4 Å². The molecule has 114 valence electrons. The third-order valence-electron chi connectivity index (χ3n) is 0.949. The van der Waals surface area contributed by atoms with Crippen LogP contribution >= 0.6 is 22.7 Å². The summed E-state index contributed by atoms with van der Waals surface area (Å²) in [6.07, 6.45) is 3.79. The summed E-state index contributed by atoms with van der Waals surface area (Å²) in [6, 6.07) is 0. The molecule has 0 atom stereocenters. The van der Waals surface area contributed by atoms with Crippen molar-refractivity contribution in [2.45, 2.75) is 55.4 Å². The van der Waals surface area contributed by atoms with E-state index < -0.39 is 0 Å². The lowest BCUT2D eigenvalue weighted by atomic mass is 10.9. The number of thiazole rings is 2. The molecule has 0 N–H and O–H groups in total. The van der Waals surface area contributed by atoms with Gasteiger partial charge in [0.05, 0.1) is 10.9 Å². The Bertz CT molecular complexity index is 236. The highest BCUT2D eigenvalue weighted by Crippen LogP contribution is 1.86. The Morgan fingerprint density at radius 1 is 0.789 bits per heavy atom. The molecule has 19 heavy (non-hydrogen) atoms. The van der Waals surface area contributed by atoms with Crippen LogP contribution in [0.4, 0.5) is 0 Å². The molecule has 0 amide bonds. The van der Waals surface area contributed by atoms with Crippen LogP contribution in [0.2, 0.25) is 0 Å². The summed E-state index contributed by atoms with van der Waals surface area (Å²) < 4.78 is 2.02. The van der Waals surface area contributed by atoms with Gasteiger partial charge >= 0.3 is 0 Å². The molecule has 0 saturated carbocycles. The first-order chi connectivity index (χ1) is 9.39. The summed E-state index contributed by atoms with van der Waals surface area (Å²) >= 11 is 3.30. The molecule has 2 heterocycles. The fourth-order valence-corrected chi connectivity index (χ4v) is 1.42. The van der Waals surface area contributed by atoms with Crippen LogP contribution in [-0.4, -0.2) is 4.98 Å². The maximum atomic E-state index is 3.74. The largest absolute Gasteiger partial charge is 0.253 e. The van der Waals surface area contributed by atoms with Gasteiger partial charge in [0, 0.05) is 11.6 Å². The van der Waals surface area contributed by atoms with Crippen LogP contribution < -0.4 is 4.57 Å². The van der Waals surface area contributed by atoms with Gasteiger partial charge in [0.2, 0.25) is 5.51 Å². The van der Waals surface area contributed by atoms with Gasteiger partial charge in [-0.1, -0.05) is 66.7 Å². The SMILES string of the molecule is CC.CC.CC.CC.C[n+]1ccsc1.c1cscn1. The lowest BCUT2D eigenvalue weighted by Gasteiger charge is -1.62. The summed E-state index contributed by atoms with van der Waals surface area (Å²) in [6.45, 7) is 16.0. The Balaban J connectivity index is -0.0000000790.